The third-order valence-corrected chi connectivity index (χ3v) is 7.89. The number of aryl methyl sites for hydroxylation is 1. The Morgan fingerprint density at radius 2 is 1.71 bits per heavy atom. The van der Waals surface area contributed by atoms with Crippen molar-refractivity contribution in [3.8, 4) is 22.9 Å². The number of hydrogen-bond acceptors (Lipinski definition) is 6. The number of aromatic hydroxyl groups is 1. The maximum Gasteiger partial charge on any atom is 0.272 e. The molecule has 4 aromatic rings. The molecule has 0 radical (unpaired) electrons. The highest BCUT2D eigenvalue weighted by Gasteiger charge is 2.33. The van der Waals surface area contributed by atoms with E-state index in [1.165, 1.54) is 16.4 Å². The lowest BCUT2D eigenvalue weighted by atomic mass is 10.2. The molecule has 10 heteroatoms. The summed E-state index contributed by atoms with van der Waals surface area (Å²) in [6.07, 6.45) is 1.55. The molecular weight excluding hydrogens is 468 g/mol. The summed E-state index contributed by atoms with van der Waals surface area (Å²) in [5, 5.41) is 14.7. The van der Waals surface area contributed by atoms with Gasteiger partial charge in [0.1, 0.15) is 22.0 Å². The van der Waals surface area contributed by atoms with Crippen LogP contribution in [0, 0.1) is 6.92 Å². The lowest BCUT2D eigenvalue weighted by Crippen LogP contribution is -2.50. The van der Waals surface area contributed by atoms with Crippen LogP contribution < -0.4 is 0 Å². The van der Waals surface area contributed by atoms with Gasteiger partial charge in [-0.25, -0.2) is 13.1 Å². The van der Waals surface area contributed by atoms with Gasteiger partial charge >= 0.3 is 0 Å². The second-order valence-electron chi connectivity index (χ2n) is 8.31. The largest absolute Gasteiger partial charge is 0.507 e. The fourth-order valence-corrected chi connectivity index (χ4v) is 5.69. The minimum Gasteiger partial charge on any atom is -0.507 e. The number of rotatable bonds is 5. The Kier molecular flexibility index (Phi) is 5.91. The molecule has 0 unspecified atom stereocenters. The lowest BCUT2D eigenvalue weighted by Gasteiger charge is -2.34. The molecule has 180 valence electrons. The average molecular weight is 493 g/mol. The molecule has 0 spiro atoms. The summed E-state index contributed by atoms with van der Waals surface area (Å²) in [6.45, 7) is 2.42. The van der Waals surface area contributed by atoms with Gasteiger partial charge in [-0.2, -0.15) is 9.40 Å². The van der Waals surface area contributed by atoms with Crippen LogP contribution in [0.25, 0.3) is 17.1 Å². The number of hydrogen-bond donors (Lipinski definition) is 1. The van der Waals surface area contributed by atoms with Gasteiger partial charge in [-0.3, -0.25) is 4.79 Å². The van der Waals surface area contributed by atoms with Crippen molar-refractivity contribution in [1.82, 2.24) is 19.0 Å². The van der Waals surface area contributed by atoms with E-state index < -0.39 is 10.0 Å². The normalized spacial score (nSPS) is 14.8. The number of carbonyl (C=O) groups is 1. The molecule has 2 aromatic heterocycles. The first-order valence-electron chi connectivity index (χ1n) is 11.1. The number of amides is 1. The number of carbonyl (C=O) groups excluding carboxylic acids is 1. The number of benzene rings is 2. The van der Waals surface area contributed by atoms with Gasteiger partial charge in [0.05, 0.1) is 12.0 Å². The predicted molar refractivity (Wildman–Crippen MR) is 129 cm³/mol. The highest BCUT2D eigenvalue weighted by molar-refractivity contribution is 7.89. The standard InChI is InChI=1S/C25H24N4O5S/c1-18-9-10-22(30)24(16-18)35(32,33)28-13-11-27(12-14-28)25(31)21-17-20(23-8-5-15-34-23)26-29(21)19-6-3-2-4-7-19/h2-10,15-17,30H,11-14H2,1H3. The smallest absolute Gasteiger partial charge is 0.272 e. The van der Waals surface area contributed by atoms with Crippen LogP contribution in [0.2, 0.25) is 0 Å². The summed E-state index contributed by atoms with van der Waals surface area (Å²) in [4.78, 5) is 15.0. The second kappa shape index (κ2) is 9.05. The van der Waals surface area contributed by atoms with Gasteiger partial charge < -0.3 is 14.4 Å². The number of phenols is 1. The van der Waals surface area contributed by atoms with Crippen LogP contribution in [0.15, 0.2) is 82.3 Å². The lowest BCUT2D eigenvalue weighted by molar-refractivity contribution is 0.0688. The molecule has 0 saturated carbocycles. The fraction of sp³-hybridized carbons (Fsp3) is 0.200. The zero-order valence-corrected chi connectivity index (χ0v) is 19.9. The molecular formula is C25H24N4O5S. The molecule has 1 fully saturated rings. The van der Waals surface area contributed by atoms with Crippen LogP contribution in [-0.2, 0) is 10.0 Å². The van der Waals surface area contributed by atoms with E-state index in [1.807, 2.05) is 30.3 Å². The SMILES string of the molecule is Cc1ccc(O)c(S(=O)(=O)N2CCN(C(=O)c3cc(-c4ccco4)nn3-c3ccccc3)CC2)c1. The number of para-hydroxylation sites is 1. The maximum absolute atomic E-state index is 13.5. The van der Waals surface area contributed by atoms with Crippen LogP contribution in [0.3, 0.4) is 0 Å². The topological polar surface area (TPSA) is 109 Å². The summed E-state index contributed by atoms with van der Waals surface area (Å²) in [5.74, 6) is 0.00328. The summed E-state index contributed by atoms with van der Waals surface area (Å²) in [7, 11) is -3.89. The second-order valence-corrected chi connectivity index (χ2v) is 10.2. The van der Waals surface area contributed by atoms with E-state index in [9.17, 15) is 18.3 Å². The first kappa shape index (κ1) is 22.9. The summed E-state index contributed by atoms with van der Waals surface area (Å²) in [6, 6.07) is 19.0. The van der Waals surface area contributed by atoms with E-state index in [0.29, 0.717) is 17.1 Å². The zero-order valence-electron chi connectivity index (χ0n) is 19.0. The van der Waals surface area contributed by atoms with E-state index in [1.54, 1.807) is 47.0 Å². The molecule has 2 aromatic carbocycles. The highest BCUT2D eigenvalue weighted by atomic mass is 32.2. The Labute approximate surface area is 202 Å². The van der Waals surface area contributed by atoms with Crippen molar-refractivity contribution in [3.63, 3.8) is 0 Å². The molecule has 1 aliphatic rings. The Hall–Kier alpha value is -3.89. The van der Waals surface area contributed by atoms with Crippen LogP contribution >= 0.6 is 0 Å². The molecule has 0 aliphatic carbocycles. The van der Waals surface area contributed by atoms with Crippen LogP contribution in [0.4, 0.5) is 0 Å². The number of furan rings is 1. The molecule has 0 atom stereocenters. The molecule has 0 bridgehead atoms. The van der Waals surface area contributed by atoms with E-state index in [0.717, 1.165) is 11.3 Å². The van der Waals surface area contributed by atoms with Crippen molar-refractivity contribution >= 4 is 15.9 Å². The zero-order chi connectivity index (χ0) is 24.6. The van der Waals surface area contributed by atoms with Crippen molar-refractivity contribution < 1.29 is 22.7 Å². The molecule has 9 nitrogen and oxygen atoms in total. The van der Waals surface area contributed by atoms with E-state index in [-0.39, 0.29) is 42.7 Å². The van der Waals surface area contributed by atoms with Gasteiger partial charge in [0.15, 0.2) is 5.76 Å². The molecule has 1 amide bonds. The maximum atomic E-state index is 13.5. The molecule has 35 heavy (non-hydrogen) atoms. The van der Waals surface area contributed by atoms with E-state index >= 15 is 0 Å². The molecule has 3 heterocycles. The average Bonchev–Trinajstić information content (AvgIpc) is 3.56. The monoisotopic (exact) mass is 492 g/mol. The van der Waals surface area contributed by atoms with Gasteiger partial charge in [0.2, 0.25) is 10.0 Å². The van der Waals surface area contributed by atoms with Crippen molar-refractivity contribution in [2.75, 3.05) is 26.2 Å². The minimum absolute atomic E-state index is 0.117. The third-order valence-electron chi connectivity index (χ3n) is 5.96. The van der Waals surface area contributed by atoms with Crippen LogP contribution in [0.5, 0.6) is 5.75 Å². The molecule has 5 rings (SSSR count). The quantitative estimate of drug-likeness (QED) is 0.458. The first-order valence-corrected chi connectivity index (χ1v) is 12.6. The Bertz CT molecular complexity index is 1460. The van der Waals surface area contributed by atoms with Crippen molar-refractivity contribution in [2.24, 2.45) is 0 Å². The van der Waals surface area contributed by atoms with Crippen molar-refractivity contribution in [3.05, 3.63) is 84.3 Å². The third kappa shape index (κ3) is 4.33. The summed E-state index contributed by atoms with van der Waals surface area (Å²) in [5.41, 5.74) is 2.34. The van der Waals surface area contributed by atoms with Crippen LogP contribution in [-0.4, -0.2) is 64.6 Å². The summed E-state index contributed by atoms with van der Waals surface area (Å²) >= 11 is 0. The van der Waals surface area contributed by atoms with Crippen molar-refractivity contribution in [1.29, 1.82) is 0 Å². The Morgan fingerprint density at radius 1 is 0.971 bits per heavy atom. The van der Waals surface area contributed by atoms with Gasteiger partial charge in [0, 0.05) is 32.2 Å². The predicted octanol–water partition coefficient (Wildman–Crippen LogP) is 3.29. The number of phenolic OH excluding ortho intramolecular Hbond substituents is 1. The van der Waals surface area contributed by atoms with Gasteiger partial charge in [-0.15, -0.1) is 0 Å². The Balaban J connectivity index is 1.39. The first-order chi connectivity index (χ1) is 16.8. The molecule has 1 aliphatic heterocycles. The number of aromatic nitrogens is 2. The number of piperazine rings is 1. The summed E-state index contributed by atoms with van der Waals surface area (Å²) < 4.78 is 34.6. The number of nitrogens with zero attached hydrogens (tertiary/aromatic N) is 4. The molecule has 1 N–H and O–H groups in total. The van der Waals surface area contributed by atoms with Gasteiger partial charge in [-0.05, 0) is 48.9 Å². The van der Waals surface area contributed by atoms with Gasteiger partial charge in [0.25, 0.3) is 5.91 Å². The van der Waals surface area contributed by atoms with Crippen molar-refractivity contribution in [2.45, 2.75) is 11.8 Å². The minimum atomic E-state index is -3.89. The highest BCUT2D eigenvalue weighted by Crippen LogP contribution is 2.28. The van der Waals surface area contributed by atoms with Gasteiger partial charge in [-0.1, -0.05) is 24.3 Å². The van der Waals surface area contributed by atoms with Crippen LogP contribution in [0.1, 0.15) is 16.1 Å². The molecule has 1 saturated heterocycles. The van der Waals surface area contributed by atoms with E-state index in [4.69, 9.17) is 4.42 Å². The van der Waals surface area contributed by atoms with E-state index in [2.05, 4.69) is 5.10 Å². The fourth-order valence-electron chi connectivity index (χ4n) is 4.10. The Morgan fingerprint density at radius 3 is 2.40 bits per heavy atom. The number of sulfonamides is 1.